The lowest BCUT2D eigenvalue weighted by Crippen LogP contribution is -2.60. The lowest BCUT2D eigenvalue weighted by Gasteiger charge is -2.40. The first-order chi connectivity index (χ1) is 33.3. The average molecular weight is 961 g/mol. The highest BCUT2D eigenvalue weighted by molar-refractivity contribution is 5.76. The summed E-state index contributed by atoms with van der Waals surface area (Å²) in [6.45, 7) is 3.79. The largest absolute Gasteiger partial charge is 0.394 e. The zero-order valence-electron chi connectivity index (χ0n) is 44.1. The van der Waals surface area contributed by atoms with E-state index in [0.29, 0.717) is 6.42 Å². The summed E-state index contributed by atoms with van der Waals surface area (Å²) in [5.74, 6) is -0.183. The molecule has 9 heteroatoms. The number of ether oxygens (including phenoxy) is 2. The van der Waals surface area contributed by atoms with Crippen LogP contribution in [0.25, 0.3) is 0 Å². The van der Waals surface area contributed by atoms with Crippen molar-refractivity contribution in [2.45, 2.75) is 307 Å². The third-order valence-electron chi connectivity index (χ3n) is 13.6. The third-order valence-corrected chi connectivity index (χ3v) is 13.6. The summed E-state index contributed by atoms with van der Waals surface area (Å²) < 4.78 is 11.3. The summed E-state index contributed by atoms with van der Waals surface area (Å²) >= 11 is 0. The zero-order chi connectivity index (χ0) is 49.4. The van der Waals surface area contributed by atoms with Crippen molar-refractivity contribution < 1.29 is 39.8 Å². The SMILES string of the molecule is CCCCCCC/C=C\C/C=C\C/C=C\CCCCCCCCCCC(=O)NC(COC1OC(CO)C(O)C(O)C1O)C(O)/C=C/CCCCCCCCCCCCCCCCCCCCCC. The Morgan fingerprint density at radius 3 is 1.28 bits per heavy atom. The number of allylic oxidation sites excluding steroid dienone is 7. The van der Waals surface area contributed by atoms with Gasteiger partial charge in [0, 0.05) is 6.42 Å². The van der Waals surface area contributed by atoms with Crippen LogP contribution in [0, 0.1) is 0 Å². The zero-order valence-corrected chi connectivity index (χ0v) is 44.1. The first-order valence-electron chi connectivity index (χ1n) is 28.9. The van der Waals surface area contributed by atoms with Gasteiger partial charge in [0.15, 0.2) is 6.29 Å². The molecule has 0 saturated carbocycles. The van der Waals surface area contributed by atoms with Gasteiger partial charge in [-0.2, -0.15) is 0 Å². The summed E-state index contributed by atoms with van der Waals surface area (Å²) in [4.78, 5) is 13.1. The quantitative estimate of drug-likeness (QED) is 0.0261. The monoisotopic (exact) mass is 960 g/mol. The fourth-order valence-corrected chi connectivity index (χ4v) is 9.05. The Kier molecular flexibility index (Phi) is 46.0. The van der Waals surface area contributed by atoms with E-state index < -0.39 is 49.5 Å². The number of rotatable bonds is 49. The Bertz CT molecular complexity index is 1210. The molecule has 0 bridgehead atoms. The van der Waals surface area contributed by atoms with Crippen LogP contribution >= 0.6 is 0 Å². The predicted molar refractivity (Wildman–Crippen MR) is 286 cm³/mol. The van der Waals surface area contributed by atoms with E-state index in [9.17, 15) is 30.3 Å². The Morgan fingerprint density at radius 2 is 0.868 bits per heavy atom. The number of carbonyl (C=O) groups excluding carboxylic acids is 1. The van der Waals surface area contributed by atoms with Gasteiger partial charge in [-0.1, -0.05) is 249 Å². The minimum atomic E-state index is -1.57. The van der Waals surface area contributed by atoms with Gasteiger partial charge < -0.3 is 40.3 Å². The minimum Gasteiger partial charge on any atom is -0.394 e. The molecule has 1 aliphatic heterocycles. The number of aliphatic hydroxyl groups is 5. The van der Waals surface area contributed by atoms with Crippen LogP contribution < -0.4 is 5.32 Å². The van der Waals surface area contributed by atoms with E-state index in [1.54, 1.807) is 6.08 Å². The second-order valence-electron chi connectivity index (χ2n) is 20.1. The standard InChI is InChI=1S/C59H109NO8/c1-3-5-7-9-11-13-15-17-19-21-23-25-27-29-31-33-35-37-39-41-43-45-47-49-55(63)60-52(51-67-59-58(66)57(65)56(64)54(50-61)68-59)53(62)48-46-44-42-40-38-36-34-32-30-28-26-24-22-20-18-16-14-12-10-8-6-4-2/h15,17,21,23,27,29,46,48,52-54,56-59,61-62,64-66H,3-14,16,18-20,22,24-26,28,30-45,47,49-51H2,1-2H3,(H,60,63)/b17-15-,23-21-,29-27-,48-46+. The van der Waals surface area contributed by atoms with Crippen molar-refractivity contribution >= 4 is 5.91 Å². The van der Waals surface area contributed by atoms with Gasteiger partial charge in [0.1, 0.15) is 24.4 Å². The molecule has 68 heavy (non-hydrogen) atoms. The molecule has 7 unspecified atom stereocenters. The maximum atomic E-state index is 13.1. The summed E-state index contributed by atoms with van der Waals surface area (Å²) in [6.07, 6.45) is 57.4. The highest BCUT2D eigenvalue weighted by Crippen LogP contribution is 2.23. The molecule has 1 fully saturated rings. The van der Waals surface area contributed by atoms with Crippen LogP contribution in [0.3, 0.4) is 0 Å². The molecule has 0 aromatic carbocycles. The Morgan fingerprint density at radius 1 is 0.500 bits per heavy atom. The van der Waals surface area contributed by atoms with Gasteiger partial charge >= 0.3 is 0 Å². The molecule has 6 N–H and O–H groups in total. The van der Waals surface area contributed by atoms with Crippen LogP contribution in [0.5, 0.6) is 0 Å². The first kappa shape index (κ1) is 64.2. The maximum absolute atomic E-state index is 13.1. The van der Waals surface area contributed by atoms with Gasteiger partial charge in [-0.25, -0.2) is 0 Å². The van der Waals surface area contributed by atoms with E-state index in [4.69, 9.17) is 9.47 Å². The van der Waals surface area contributed by atoms with Gasteiger partial charge in [-0.15, -0.1) is 0 Å². The third kappa shape index (κ3) is 37.9. The lowest BCUT2D eigenvalue weighted by atomic mass is 9.99. The molecule has 398 valence electrons. The van der Waals surface area contributed by atoms with Crippen LogP contribution in [0.1, 0.15) is 264 Å². The number of unbranched alkanes of at least 4 members (excludes halogenated alkanes) is 33. The van der Waals surface area contributed by atoms with Crippen molar-refractivity contribution in [1.82, 2.24) is 5.32 Å². The summed E-state index contributed by atoms with van der Waals surface area (Å²) in [6, 6.07) is -0.811. The Labute approximate surface area is 418 Å². The van der Waals surface area contributed by atoms with E-state index in [1.807, 2.05) is 6.08 Å². The number of aliphatic hydroxyl groups excluding tert-OH is 5. The topological polar surface area (TPSA) is 149 Å². The number of hydrogen-bond acceptors (Lipinski definition) is 8. The van der Waals surface area contributed by atoms with Crippen LogP contribution in [-0.2, 0) is 14.3 Å². The summed E-state index contributed by atoms with van der Waals surface area (Å²) in [7, 11) is 0. The van der Waals surface area contributed by atoms with Crippen molar-refractivity contribution in [3.05, 3.63) is 48.6 Å². The van der Waals surface area contributed by atoms with Crippen molar-refractivity contribution in [3.8, 4) is 0 Å². The van der Waals surface area contributed by atoms with Crippen LogP contribution in [0.4, 0.5) is 0 Å². The molecule has 1 aliphatic rings. The van der Waals surface area contributed by atoms with Crippen LogP contribution in [0.2, 0.25) is 0 Å². The number of hydrogen-bond donors (Lipinski definition) is 6. The highest BCUT2D eigenvalue weighted by Gasteiger charge is 2.44. The summed E-state index contributed by atoms with van der Waals surface area (Å²) in [5, 5.41) is 54.5. The van der Waals surface area contributed by atoms with Crippen LogP contribution in [0.15, 0.2) is 48.6 Å². The summed E-state index contributed by atoms with van der Waals surface area (Å²) in [5.41, 5.74) is 0. The van der Waals surface area contributed by atoms with Crippen LogP contribution in [-0.4, -0.2) is 87.5 Å². The number of nitrogens with one attached hydrogen (secondary N) is 1. The van der Waals surface area contributed by atoms with Crippen molar-refractivity contribution in [3.63, 3.8) is 0 Å². The van der Waals surface area contributed by atoms with Crippen molar-refractivity contribution in [2.75, 3.05) is 13.2 Å². The van der Waals surface area contributed by atoms with Gasteiger partial charge in [0.25, 0.3) is 0 Å². The van der Waals surface area contributed by atoms with Crippen molar-refractivity contribution in [2.24, 2.45) is 0 Å². The molecule has 0 radical (unpaired) electrons. The Balaban J connectivity index is 2.25. The molecule has 0 aromatic heterocycles. The van der Waals surface area contributed by atoms with E-state index in [-0.39, 0.29) is 12.5 Å². The van der Waals surface area contributed by atoms with E-state index in [1.165, 1.54) is 180 Å². The van der Waals surface area contributed by atoms with Gasteiger partial charge in [-0.05, 0) is 57.8 Å². The fraction of sp³-hybridized carbons (Fsp3) is 0.847. The molecule has 1 saturated heterocycles. The second kappa shape index (κ2) is 48.8. The first-order valence-corrected chi connectivity index (χ1v) is 28.9. The highest BCUT2D eigenvalue weighted by atomic mass is 16.7. The fourth-order valence-electron chi connectivity index (χ4n) is 9.05. The normalized spacial score (nSPS) is 19.9. The van der Waals surface area contributed by atoms with Crippen molar-refractivity contribution in [1.29, 1.82) is 0 Å². The molecule has 0 spiro atoms. The smallest absolute Gasteiger partial charge is 0.220 e. The molecule has 1 heterocycles. The molecule has 0 aliphatic carbocycles. The second-order valence-corrected chi connectivity index (χ2v) is 20.1. The molecule has 9 nitrogen and oxygen atoms in total. The maximum Gasteiger partial charge on any atom is 0.220 e. The molecular formula is C59H109NO8. The van der Waals surface area contributed by atoms with E-state index >= 15 is 0 Å². The van der Waals surface area contributed by atoms with Gasteiger partial charge in [0.2, 0.25) is 5.91 Å². The minimum absolute atomic E-state index is 0.183. The lowest BCUT2D eigenvalue weighted by molar-refractivity contribution is -0.302. The van der Waals surface area contributed by atoms with E-state index in [0.717, 1.165) is 64.2 Å². The van der Waals surface area contributed by atoms with Gasteiger partial charge in [0.05, 0.1) is 25.4 Å². The number of carbonyl (C=O) groups is 1. The Hall–Kier alpha value is -1.85. The molecule has 0 aromatic rings. The average Bonchev–Trinajstić information content (AvgIpc) is 3.34. The molecule has 7 atom stereocenters. The van der Waals surface area contributed by atoms with Gasteiger partial charge in [-0.3, -0.25) is 4.79 Å². The predicted octanol–water partition coefficient (Wildman–Crippen LogP) is 14.1. The molecular weight excluding hydrogens is 851 g/mol. The number of amides is 1. The van der Waals surface area contributed by atoms with E-state index in [2.05, 4.69) is 55.6 Å². The molecule has 1 rings (SSSR count). The molecule has 1 amide bonds.